The Balaban J connectivity index is 4.24. The van der Waals surface area contributed by atoms with Crippen molar-refractivity contribution in [1.29, 1.82) is 0 Å². The van der Waals surface area contributed by atoms with Crippen LogP contribution in [0.3, 0.4) is 0 Å². The monoisotopic (exact) mass is 871 g/mol. The number of nitrogens with zero attached hydrogens (tertiary/aromatic N) is 1. The molecule has 1 unspecified atom stereocenters. The molecule has 0 aliphatic rings. The third kappa shape index (κ3) is 46.0. The van der Waals surface area contributed by atoms with Crippen LogP contribution in [0.1, 0.15) is 232 Å². The second kappa shape index (κ2) is 42.8. The van der Waals surface area contributed by atoms with Gasteiger partial charge < -0.3 is 18.9 Å². The molecule has 0 aliphatic heterocycles. The molecule has 0 fully saturated rings. The minimum atomic E-state index is -4.38. The molecule has 2 atom stereocenters. The van der Waals surface area contributed by atoms with Gasteiger partial charge in [-0.3, -0.25) is 18.6 Å². The number of hydrogen-bond donors (Lipinski definition) is 1. The van der Waals surface area contributed by atoms with E-state index in [-0.39, 0.29) is 32.0 Å². The zero-order chi connectivity index (χ0) is 44.3. The maximum absolute atomic E-state index is 12.7. The van der Waals surface area contributed by atoms with Gasteiger partial charge in [0.2, 0.25) is 0 Å². The molecule has 0 amide bonds. The van der Waals surface area contributed by atoms with E-state index >= 15 is 0 Å². The maximum Gasteiger partial charge on any atom is 0.472 e. The van der Waals surface area contributed by atoms with Crippen LogP contribution in [0, 0.1) is 0 Å². The molecule has 0 aromatic carbocycles. The Morgan fingerprint density at radius 3 is 1.25 bits per heavy atom. The van der Waals surface area contributed by atoms with Crippen molar-refractivity contribution >= 4 is 19.8 Å². The van der Waals surface area contributed by atoms with Gasteiger partial charge in [0.25, 0.3) is 0 Å². The normalized spacial score (nSPS) is 13.6. The first kappa shape index (κ1) is 58.5. The van der Waals surface area contributed by atoms with Crippen LogP contribution in [0.2, 0.25) is 0 Å². The van der Waals surface area contributed by atoms with Crippen LogP contribution in [0.5, 0.6) is 0 Å². The van der Waals surface area contributed by atoms with Gasteiger partial charge in [-0.25, -0.2) is 4.57 Å². The van der Waals surface area contributed by atoms with Gasteiger partial charge in [0.15, 0.2) is 6.10 Å². The number of ether oxygens (including phenoxy) is 2. The molecule has 0 bridgehead atoms. The lowest BCUT2D eigenvalue weighted by molar-refractivity contribution is -0.870. The summed E-state index contributed by atoms with van der Waals surface area (Å²) >= 11 is 0. The first-order valence-electron chi connectivity index (χ1n) is 25.1. The Morgan fingerprint density at radius 1 is 0.500 bits per heavy atom. The second-order valence-corrected chi connectivity index (χ2v) is 19.6. The fourth-order valence-electron chi connectivity index (χ4n) is 7.00. The topological polar surface area (TPSA) is 108 Å². The molecule has 0 aliphatic carbocycles. The smallest absolute Gasteiger partial charge is 0.462 e. The summed E-state index contributed by atoms with van der Waals surface area (Å²) < 4.78 is 34.4. The van der Waals surface area contributed by atoms with Gasteiger partial charge in [-0.1, -0.05) is 179 Å². The third-order valence-electron chi connectivity index (χ3n) is 11.0. The van der Waals surface area contributed by atoms with Gasteiger partial charge in [0, 0.05) is 12.8 Å². The zero-order valence-electron chi connectivity index (χ0n) is 40.0. The average Bonchev–Trinajstić information content (AvgIpc) is 3.20. The number of hydrogen-bond acceptors (Lipinski definition) is 7. The fraction of sp³-hybridized carbons (Fsp3) is 0.880. The molecule has 60 heavy (non-hydrogen) atoms. The SMILES string of the molecule is CCCCCC/C=C\CCCCCCCCCC(=O)OC[C@H](COP(=O)(O)OCC[N+](C)(C)C)OC(=O)CCCCCCCCCCCCC/C=C\CCCCCCCC. The number of phosphoric acid groups is 1. The standard InChI is InChI=1S/C50H96NO8P/c1-6-8-10-12-14-16-18-20-22-23-24-25-26-27-29-31-33-35-37-39-41-43-50(53)59-48(47-58-60(54,55)57-45-44-51(3,4)5)46-56-49(52)42-40-38-36-34-32-30-28-21-19-17-15-13-11-9-7-2/h17,19-20,22,48H,6-16,18,21,23-47H2,1-5H3/p+1/b19-17-,22-20-/t48-/m1/s1. The van der Waals surface area contributed by atoms with Gasteiger partial charge in [-0.2, -0.15) is 0 Å². The van der Waals surface area contributed by atoms with E-state index in [9.17, 15) is 19.0 Å². The van der Waals surface area contributed by atoms with E-state index in [4.69, 9.17) is 18.5 Å². The quantitative estimate of drug-likeness (QED) is 0.0212. The predicted molar refractivity (Wildman–Crippen MR) is 252 cm³/mol. The third-order valence-corrected chi connectivity index (χ3v) is 11.9. The first-order valence-corrected chi connectivity index (χ1v) is 26.6. The average molecular weight is 871 g/mol. The summed E-state index contributed by atoms with van der Waals surface area (Å²) in [6.07, 6.45) is 47.9. The van der Waals surface area contributed by atoms with E-state index < -0.39 is 26.5 Å². The fourth-order valence-corrected chi connectivity index (χ4v) is 7.75. The Labute approximate surface area is 370 Å². The summed E-state index contributed by atoms with van der Waals surface area (Å²) in [5.74, 6) is -0.796. The molecule has 0 radical (unpaired) electrons. The van der Waals surface area contributed by atoms with Gasteiger partial charge in [-0.05, 0) is 64.2 Å². The molecule has 354 valence electrons. The summed E-state index contributed by atoms with van der Waals surface area (Å²) in [4.78, 5) is 35.5. The van der Waals surface area contributed by atoms with Crippen molar-refractivity contribution in [2.24, 2.45) is 0 Å². The minimum Gasteiger partial charge on any atom is -0.462 e. The van der Waals surface area contributed by atoms with Crippen LogP contribution in [0.25, 0.3) is 0 Å². The summed E-state index contributed by atoms with van der Waals surface area (Å²) in [7, 11) is 1.48. The van der Waals surface area contributed by atoms with Crippen molar-refractivity contribution in [3.05, 3.63) is 24.3 Å². The van der Waals surface area contributed by atoms with Crippen molar-refractivity contribution in [3.8, 4) is 0 Å². The largest absolute Gasteiger partial charge is 0.472 e. The van der Waals surface area contributed by atoms with Crippen molar-refractivity contribution in [2.45, 2.75) is 238 Å². The Hall–Kier alpha value is -1.51. The number of rotatable bonds is 46. The van der Waals surface area contributed by atoms with Crippen molar-refractivity contribution in [2.75, 3.05) is 47.5 Å². The minimum absolute atomic E-state index is 0.0325. The van der Waals surface area contributed by atoms with Crippen LogP contribution in [0.15, 0.2) is 24.3 Å². The number of esters is 2. The molecule has 9 nitrogen and oxygen atoms in total. The van der Waals surface area contributed by atoms with E-state index in [1.165, 1.54) is 167 Å². The van der Waals surface area contributed by atoms with Crippen LogP contribution >= 0.6 is 7.82 Å². The molecule has 0 heterocycles. The maximum atomic E-state index is 12.7. The molecular weight excluding hydrogens is 774 g/mol. The molecule has 0 saturated heterocycles. The highest BCUT2D eigenvalue weighted by Crippen LogP contribution is 2.43. The number of carbonyl (C=O) groups excluding carboxylic acids is 2. The summed E-state index contributed by atoms with van der Waals surface area (Å²) in [5, 5.41) is 0. The number of phosphoric ester groups is 1. The van der Waals surface area contributed by atoms with Crippen LogP contribution in [-0.4, -0.2) is 74.9 Å². The van der Waals surface area contributed by atoms with Gasteiger partial charge in [-0.15, -0.1) is 0 Å². The zero-order valence-corrected chi connectivity index (χ0v) is 40.9. The molecule has 0 spiro atoms. The highest BCUT2D eigenvalue weighted by Gasteiger charge is 2.27. The number of likely N-dealkylation sites (N-methyl/N-ethyl adjacent to an activating group) is 1. The molecule has 0 rings (SSSR count). The van der Waals surface area contributed by atoms with E-state index in [1.807, 2.05) is 21.1 Å². The Bertz CT molecular complexity index is 1070. The van der Waals surface area contributed by atoms with Crippen LogP contribution in [-0.2, 0) is 32.7 Å². The lowest BCUT2D eigenvalue weighted by atomic mass is 10.0. The van der Waals surface area contributed by atoms with E-state index in [0.717, 1.165) is 32.1 Å². The molecule has 10 heteroatoms. The molecular formula is C50H97NO8P+. The Morgan fingerprint density at radius 2 is 0.850 bits per heavy atom. The first-order chi connectivity index (χ1) is 29.0. The summed E-state index contributed by atoms with van der Waals surface area (Å²) in [6.45, 7) is 4.43. The molecule has 1 N–H and O–H groups in total. The second-order valence-electron chi connectivity index (χ2n) is 18.2. The number of unbranched alkanes of at least 4 members (excludes halogenated alkanes) is 28. The number of quaternary nitrogens is 1. The summed E-state index contributed by atoms with van der Waals surface area (Å²) in [5.41, 5.74) is 0. The van der Waals surface area contributed by atoms with Gasteiger partial charge in [0.1, 0.15) is 19.8 Å². The van der Waals surface area contributed by atoms with Gasteiger partial charge in [0.05, 0.1) is 27.7 Å². The van der Waals surface area contributed by atoms with Crippen LogP contribution in [0.4, 0.5) is 0 Å². The van der Waals surface area contributed by atoms with Crippen molar-refractivity contribution in [3.63, 3.8) is 0 Å². The van der Waals surface area contributed by atoms with E-state index in [0.29, 0.717) is 17.4 Å². The highest BCUT2D eigenvalue weighted by atomic mass is 31.2. The summed E-state index contributed by atoms with van der Waals surface area (Å²) in [6, 6.07) is 0. The molecule has 0 saturated carbocycles. The Kier molecular flexibility index (Phi) is 41.7. The van der Waals surface area contributed by atoms with Crippen molar-refractivity contribution < 1.29 is 42.1 Å². The van der Waals surface area contributed by atoms with Crippen LogP contribution < -0.4 is 0 Å². The predicted octanol–water partition coefficient (Wildman–Crippen LogP) is 14.7. The van der Waals surface area contributed by atoms with Gasteiger partial charge >= 0.3 is 19.8 Å². The number of allylic oxidation sites excluding steroid dienone is 4. The van der Waals surface area contributed by atoms with E-state index in [2.05, 4.69) is 38.2 Å². The molecule has 0 aromatic heterocycles. The highest BCUT2D eigenvalue weighted by molar-refractivity contribution is 7.47. The molecule has 0 aromatic rings. The lowest BCUT2D eigenvalue weighted by Gasteiger charge is -2.24. The lowest BCUT2D eigenvalue weighted by Crippen LogP contribution is -2.37. The number of carbonyl (C=O) groups is 2. The van der Waals surface area contributed by atoms with E-state index in [1.54, 1.807) is 0 Å². The van der Waals surface area contributed by atoms with Crippen molar-refractivity contribution in [1.82, 2.24) is 0 Å².